The number of carbonyl (C=O) groups excluding carboxylic acids is 2. The Hall–Kier alpha value is -1.92. The van der Waals surface area contributed by atoms with E-state index in [-0.39, 0.29) is 5.91 Å². The number of primary amides is 1. The highest BCUT2D eigenvalue weighted by Gasteiger charge is 2.35. The molecule has 24 heavy (non-hydrogen) atoms. The molecule has 0 bridgehead atoms. The number of hydrogen-bond donors (Lipinski definition) is 3. The van der Waals surface area contributed by atoms with E-state index in [2.05, 4.69) is 5.32 Å². The Morgan fingerprint density at radius 3 is 2.96 bits per heavy atom. The summed E-state index contributed by atoms with van der Waals surface area (Å²) in [6, 6.07) is 5.96. The van der Waals surface area contributed by atoms with Crippen molar-refractivity contribution in [2.75, 3.05) is 19.6 Å². The van der Waals surface area contributed by atoms with Gasteiger partial charge in [-0.1, -0.05) is 18.2 Å². The Morgan fingerprint density at radius 2 is 2.25 bits per heavy atom. The first-order valence-corrected chi connectivity index (χ1v) is 8.64. The zero-order valence-corrected chi connectivity index (χ0v) is 13.8. The fourth-order valence-corrected chi connectivity index (χ4v) is 3.69. The molecule has 6 heteroatoms. The largest absolute Gasteiger partial charge is 0.392 e. The van der Waals surface area contributed by atoms with Crippen molar-refractivity contribution in [2.45, 2.75) is 44.2 Å². The van der Waals surface area contributed by atoms with Crippen LogP contribution in [0.2, 0.25) is 0 Å². The molecule has 0 radical (unpaired) electrons. The molecule has 2 amide bonds. The van der Waals surface area contributed by atoms with Crippen molar-refractivity contribution < 1.29 is 14.7 Å². The molecule has 1 aliphatic heterocycles. The first-order valence-electron chi connectivity index (χ1n) is 8.64. The molecular formula is C18H25N3O3. The van der Waals surface area contributed by atoms with Gasteiger partial charge in [0.2, 0.25) is 11.8 Å². The first kappa shape index (κ1) is 16.9. The molecule has 1 aromatic rings. The number of hydrogen-bond acceptors (Lipinski definition) is 4. The van der Waals surface area contributed by atoms with Crippen molar-refractivity contribution in [3.05, 3.63) is 34.9 Å². The van der Waals surface area contributed by atoms with Gasteiger partial charge in [0, 0.05) is 26.1 Å². The van der Waals surface area contributed by atoms with Crippen molar-refractivity contribution in [3.8, 4) is 0 Å². The van der Waals surface area contributed by atoms with Gasteiger partial charge in [-0.25, -0.2) is 0 Å². The summed E-state index contributed by atoms with van der Waals surface area (Å²) >= 11 is 0. The minimum Gasteiger partial charge on any atom is -0.392 e. The summed E-state index contributed by atoms with van der Waals surface area (Å²) in [7, 11) is 0. The van der Waals surface area contributed by atoms with E-state index in [1.54, 1.807) is 0 Å². The van der Waals surface area contributed by atoms with Gasteiger partial charge in [0.15, 0.2) is 0 Å². The summed E-state index contributed by atoms with van der Waals surface area (Å²) in [6.45, 7) is 3.23. The van der Waals surface area contributed by atoms with Gasteiger partial charge in [0.25, 0.3) is 0 Å². The predicted molar refractivity (Wildman–Crippen MR) is 90.2 cm³/mol. The molecule has 1 fully saturated rings. The smallest absolute Gasteiger partial charge is 0.227 e. The first-order chi connectivity index (χ1) is 11.6. The zero-order valence-electron chi connectivity index (χ0n) is 13.8. The number of aliphatic hydroxyl groups excluding tert-OH is 1. The monoisotopic (exact) mass is 331 g/mol. The van der Waals surface area contributed by atoms with Crippen LogP contribution in [0.25, 0.3) is 0 Å². The molecule has 2 aliphatic rings. The van der Waals surface area contributed by atoms with E-state index in [9.17, 15) is 14.7 Å². The van der Waals surface area contributed by atoms with E-state index >= 15 is 0 Å². The van der Waals surface area contributed by atoms with Crippen molar-refractivity contribution in [3.63, 3.8) is 0 Å². The van der Waals surface area contributed by atoms with E-state index in [1.165, 1.54) is 0 Å². The number of rotatable bonds is 7. The molecule has 130 valence electrons. The molecule has 0 spiro atoms. The molecule has 0 aromatic heterocycles. The van der Waals surface area contributed by atoms with Crippen molar-refractivity contribution in [2.24, 2.45) is 5.73 Å². The SMILES string of the molecule is NC(=O)[C@@H]1c2cc(CNCCCN3CCCC3=O)ccc2C[C@H]1O. The third-order valence-electron chi connectivity index (χ3n) is 4.95. The standard InChI is InChI=1S/C18H25N3O3/c19-18(24)17-14-9-12(4-5-13(14)10-15(17)22)11-20-6-2-8-21-7-1-3-16(21)23/h4-5,9,15,17,20,22H,1-3,6-8,10-11H2,(H2,19,24)/t15-,17-/m1/s1. The number of fused-ring (bicyclic) bond motifs is 1. The molecular weight excluding hydrogens is 306 g/mol. The van der Waals surface area contributed by atoms with Crippen LogP contribution in [0.3, 0.4) is 0 Å². The number of amides is 2. The van der Waals surface area contributed by atoms with Gasteiger partial charge < -0.3 is 21.1 Å². The molecule has 3 rings (SSSR count). The average Bonchev–Trinajstić information content (AvgIpc) is 3.09. The van der Waals surface area contributed by atoms with Gasteiger partial charge >= 0.3 is 0 Å². The summed E-state index contributed by atoms with van der Waals surface area (Å²) in [5, 5.41) is 13.4. The number of nitrogens with one attached hydrogen (secondary N) is 1. The van der Waals surface area contributed by atoms with Crippen molar-refractivity contribution in [1.29, 1.82) is 0 Å². The summed E-state index contributed by atoms with van der Waals surface area (Å²) in [6.07, 6.45) is 2.38. The van der Waals surface area contributed by atoms with Gasteiger partial charge in [0.05, 0.1) is 12.0 Å². The molecule has 1 aliphatic carbocycles. The highest BCUT2D eigenvalue weighted by atomic mass is 16.3. The van der Waals surface area contributed by atoms with Crippen LogP contribution in [0, 0.1) is 0 Å². The van der Waals surface area contributed by atoms with Gasteiger partial charge in [0.1, 0.15) is 0 Å². The van der Waals surface area contributed by atoms with Crippen LogP contribution in [-0.4, -0.2) is 47.6 Å². The Morgan fingerprint density at radius 1 is 1.42 bits per heavy atom. The Kier molecular flexibility index (Phi) is 5.16. The molecule has 0 saturated carbocycles. The van der Waals surface area contributed by atoms with Crippen molar-refractivity contribution in [1.82, 2.24) is 10.2 Å². The maximum atomic E-state index is 11.6. The number of nitrogens with zero attached hydrogens (tertiary/aromatic N) is 1. The molecule has 1 aromatic carbocycles. The zero-order chi connectivity index (χ0) is 17.1. The third kappa shape index (κ3) is 3.60. The maximum absolute atomic E-state index is 11.6. The van der Waals surface area contributed by atoms with E-state index in [0.29, 0.717) is 19.4 Å². The minimum atomic E-state index is -0.710. The molecule has 4 N–H and O–H groups in total. The summed E-state index contributed by atoms with van der Waals surface area (Å²) in [5.74, 6) is -0.799. The second-order valence-electron chi connectivity index (χ2n) is 6.70. The van der Waals surface area contributed by atoms with E-state index in [1.807, 2.05) is 23.1 Å². The number of nitrogens with two attached hydrogens (primary N) is 1. The average molecular weight is 331 g/mol. The highest BCUT2D eigenvalue weighted by Crippen LogP contribution is 2.33. The van der Waals surface area contributed by atoms with Crippen LogP contribution in [0.15, 0.2) is 18.2 Å². The topological polar surface area (TPSA) is 95.7 Å². The van der Waals surface area contributed by atoms with E-state index in [4.69, 9.17) is 5.73 Å². The normalized spacial score (nSPS) is 22.9. The maximum Gasteiger partial charge on any atom is 0.227 e. The molecule has 1 saturated heterocycles. The second kappa shape index (κ2) is 7.32. The van der Waals surface area contributed by atoms with Gasteiger partial charge in [-0.3, -0.25) is 9.59 Å². The number of benzene rings is 1. The second-order valence-corrected chi connectivity index (χ2v) is 6.70. The molecule has 0 unspecified atom stereocenters. The lowest BCUT2D eigenvalue weighted by Crippen LogP contribution is -2.28. The Labute approximate surface area is 142 Å². The summed E-state index contributed by atoms with van der Waals surface area (Å²) < 4.78 is 0. The van der Waals surface area contributed by atoms with Gasteiger partial charge in [-0.05, 0) is 42.5 Å². The summed E-state index contributed by atoms with van der Waals surface area (Å²) in [4.78, 5) is 25.0. The number of carbonyl (C=O) groups is 2. The molecule has 6 nitrogen and oxygen atoms in total. The Balaban J connectivity index is 1.48. The van der Waals surface area contributed by atoms with Gasteiger partial charge in [-0.15, -0.1) is 0 Å². The van der Waals surface area contributed by atoms with Crippen molar-refractivity contribution >= 4 is 11.8 Å². The van der Waals surface area contributed by atoms with Crippen LogP contribution in [-0.2, 0) is 22.6 Å². The highest BCUT2D eigenvalue weighted by molar-refractivity contribution is 5.84. The lowest BCUT2D eigenvalue weighted by molar-refractivity contribution is -0.127. The quantitative estimate of drug-likeness (QED) is 0.625. The van der Waals surface area contributed by atoms with E-state index < -0.39 is 17.9 Å². The molecule has 1 heterocycles. The third-order valence-corrected chi connectivity index (χ3v) is 4.95. The van der Waals surface area contributed by atoms with Crippen LogP contribution in [0.5, 0.6) is 0 Å². The van der Waals surface area contributed by atoms with Crippen LogP contribution < -0.4 is 11.1 Å². The Bertz CT molecular complexity index is 632. The summed E-state index contributed by atoms with van der Waals surface area (Å²) in [5.41, 5.74) is 8.35. The van der Waals surface area contributed by atoms with Gasteiger partial charge in [-0.2, -0.15) is 0 Å². The van der Waals surface area contributed by atoms with E-state index in [0.717, 1.165) is 49.2 Å². The number of likely N-dealkylation sites (tertiary alicyclic amines) is 1. The van der Waals surface area contributed by atoms with Crippen LogP contribution in [0.1, 0.15) is 41.9 Å². The lowest BCUT2D eigenvalue weighted by atomic mass is 9.97. The fourth-order valence-electron chi connectivity index (χ4n) is 3.69. The minimum absolute atomic E-state index is 0.268. The fraction of sp³-hybridized carbons (Fsp3) is 0.556. The molecule has 2 atom stereocenters. The number of aliphatic hydroxyl groups is 1. The van der Waals surface area contributed by atoms with Crippen LogP contribution in [0.4, 0.5) is 0 Å². The predicted octanol–water partition coefficient (Wildman–Crippen LogP) is 0.275. The van der Waals surface area contributed by atoms with Crippen LogP contribution >= 0.6 is 0 Å². The lowest BCUT2D eigenvalue weighted by Gasteiger charge is -2.15.